The first-order chi connectivity index (χ1) is 16.3. The Bertz CT molecular complexity index is 1380. The number of aromatic nitrogens is 2. The SMILES string of the molecule is Cc1cc(C(=O)NC2CCCC2)c2[nH]c(-c3c(F)c(F)c(-c4ccccc4)c(F)c3F)nc2c1. The molecule has 0 bridgehead atoms. The average Bonchev–Trinajstić information content (AvgIpc) is 3.48. The molecule has 34 heavy (non-hydrogen) atoms. The monoisotopic (exact) mass is 467 g/mol. The minimum absolute atomic E-state index is 0.00736. The smallest absolute Gasteiger partial charge is 0.253 e. The number of imidazole rings is 1. The molecular weight excluding hydrogens is 446 g/mol. The number of aryl methyl sites for hydroxylation is 1. The Kier molecular flexibility index (Phi) is 5.59. The summed E-state index contributed by atoms with van der Waals surface area (Å²) in [4.78, 5) is 19.8. The van der Waals surface area contributed by atoms with Gasteiger partial charge in [-0.3, -0.25) is 4.79 Å². The molecule has 0 spiro atoms. The van der Waals surface area contributed by atoms with Crippen LogP contribution in [0.4, 0.5) is 17.6 Å². The van der Waals surface area contributed by atoms with Crippen LogP contribution < -0.4 is 5.32 Å². The highest BCUT2D eigenvalue weighted by molar-refractivity contribution is 6.06. The predicted octanol–water partition coefficient (Wildman–Crippen LogP) is 6.43. The second-order valence-electron chi connectivity index (χ2n) is 8.62. The first kappa shape index (κ1) is 22.1. The zero-order chi connectivity index (χ0) is 24.0. The van der Waals surface area contributed by atoms with Crippen molar-refractivity contribution in [3.05, 3.63) is 76.9 Å². The lowest BCUT2D eigenvalue weighted by atomic mass is 10.0. The van der Waals surface area contributed by atoms with Crippen molar-refractivity contribution in [1.82, 2.24) is 15.3 Å². The van der Waals surface area contributed by atoms with E-state index >= 15 is 8.78 Å². The standard InChI is InChI=1S/C26H21F4N3O/c1-13-11-16(26(34)31-15-9-5-6-10-15)24-17(12-13)32-25(33-24)19-22(29)20(27)18(21(28)23(19)30)14-7-3-2-4-8-14/h2-4,7-8,11-12,15H,5-6,9-10H2,1H3,(H,31,34)(H,32,33). The van der Waals surface area contributed by atoms with Gasteiger partial charge in [-0.05, 0) is 43.0 Å². The van der Waals surface area contributed by atoms with Gasteiger partial charge < -0.3 is 10.3 Å². The largest absolute Gasteiger partial charge is 0.349 e. The summed E-state index contributed by atoms with van der Waals surface area (Å²) in [5, 5.41) is 2.98. The molecule has 174 valence electrons. The molecule has 4 nitrogen and oxygen atoms in total. The van der Waals surface area contributed by atoms with Crippen molar-refractivity contribution >= 4 is 16.9 Å². The highest BCUT2D eigenvalue weighted by Crippen LogP contribution is 2.37. The van der Waals surface area contributed by atoms with Gasteiger partial charge in [0.2, 0.25) is 0 Å². The number of rotatable bonds is 4. The average molecular weight is 467 g/mol. The van der Waals surface area contributed by atoms with Gasteiger partial charge in [0.05, 0.1) is 27.7 Å². The molecule has 1 heterocycles. The molecular formula is C26H21F4N3O. The van der Waals surface area contributed by atoms with E-state index in [9.17, 15) is 13.6 Å². The number of hydrogen-bond donors (Lipinski definition) is 2. The second-order valence-corrected chi connectivity index (χ2v) is 8.62. The van der Waals surface area contributed by atoms with Gasteiger partial charge in [0.1, 0.15) is 5.82 Å². The Morgan fingerprint density at radius 2 is 1.56 bits per heavy atom. The third-order valence-electron chi connectivity index (χ3n) is 6.24. The minimum Gasteiger partial charge on any atom is -0.349 e. The Balaban J connectivity index is 1.63. The van der Waals surface area contributed by atoms with Crippen LogP contribution in [0.25, 0.3) is 33.5 Å². The van der Waals surface area contributed by atoms with E-state index in [2.05, 4.69) is 15.3 Å². The van der Waals surface area contributed by atoms with E-state index in [1.54, 1.807) is 25.1 Å². The predicted molar refractivity (Wildman–Crippen MR) is 121 cm³/mol. The number of carbonyl (C=O) groups is 1. The lowest BCUT2D eigenvalue weighted by molar-refractivity contribution is 0.0939. The molecule has 1 aliphatic carbocycles. The number of H-pyrrole nitrogens is 1. The maximum absolute atomic E-state index is 15.1. The molecule has 1 amide bonds. The summed E-state index contributed by atoms with van der Waals surface area (Å²) >= 11 is 0. The van der Waals surface area contributed by atoms with Gasteiger partial charge in [-0.25, -0.2) is 22.5 Å². The summed E-state index contributed by atoms with van der Waals surface area (Å²) in [6, 6.07) is 10.7. The van der Waals surface area contributed by atoms with Crippen LogP contribution in [0.5, 0.6) is 0 Å². The summed E-state index contributed by atoms with van der Waals surface area (Å²) in [6.45, 7) is 1.76. The first-order valence-corrected chi connectivity index (χ1v) is 11.1. The Labute approximate surface area is 193 Å². The zero-order valence-electron chi connectivity index (χ0n) is 18.3. The molecule has 3 aromatic carbocycles. The summed E-state index contributed by atoms with van der Waals surface area (Å²) in [6.07, 6.45) is 3.85. The van der Waals surface area contributed by atoms with E-state index in [0.29, 0.717) is 5.56 Å². The summed E-state index contributed by atoms with van der Waals surface area (Å²) < 4.78 is 60.1. The summed E-state index contributed by atoms with van der Waals surface area (Å²) in [5.74, 6) is -6.90. The Hall–Kier alpha value is -3.68. The zero-order valence-corrected chi connectivity index (χ0v) is 18.3. The highest BCUT2D eigenvalue weighted by Gasteiger charge is 2.29. The number of carbonyl (C=O) groups excluding carboxylic acids is 1. The van der Waals surface area contributed by atoms with Crippen molar-refractivity contribution in [2.45, 2.75) is 38.6 Å². The number of nitrogens with one attached hydrogen (secondary N) is 2. The lowest BCUT2D eigenvalue weighted by Crippen LogP contribution is -2.32. The van der Waals surface area contributed by atoms with Crippen LogP contribution in [0.3, 0.4) is 0 Å². The van der Waals surface area contributed by atoms with Crippen molar-refractivity contribution in [3.63, 3.8) is 0 Å². The molecule has 1 aromatic heterocycles. The van der Waals surface area contributed by atoms with Gasteiger partial charge in [-0.15, -0.1) is 0 Å². The van der Waals surface area contributed by atoms with Crippen molar-refractivity contribution in [2.75, 3.05) is 0 Å². The van der Waals surface area contributed by atoms with Crippen LogP contribution in [0, 0.1) is 30.2 Å². The van der Waals surface area contributed by atoms with Crippen molar-refractivity contribution in [2.24, 2.45) is 0 Å². The van der Waals surface area contributed by atoms with Gasteiger partial charge in [-0.2, -0.15) is 0 Å². The number of hydrogen-bond acceptors (Lipinski definition) is 2. The van der Waals surface area contributed by atoms with Crippen LogP contribution in [0.15, 0.2) is 42.5 Å². The van der Waals surface area contributed by atoms with E-state index in [-0.39, 0.29) is 34.1 Å². The molecule has 0 unspecified atom stereocenters. The number of amides is 1. The summed E-state index contributed by atoms with van der Waals surface area (Å²) in [7, 11) is 0. The molecule has 1 aliphatic rings. The van der Waals surface area contributed by atoms with Crippen LogP contribution in [0.2, 0.25) is 0 Å². The van der Waals surface area contributed by atoms with Gasteiger partial charge in [-0.1, -0.05) is 43.2 Å². The summed E-state index contributed by atoms with van der Waals surface area (Å²) in [5.41, 5.74) is -0.272. The fourth-order valence-electron chi connectivity index (χ4n) is 4.58. The molecule has 0 saturated heterocycles. The number of halogens is 4. The highest BCUT2D eigenvalue weighted by atomic mass is 19.2. The number of benzene rings is 3. The molecule has 1 fully saturated rings. The van der Waals surface area contributed by atoms with E-state index in [1.807, 2.05) is 0 Å². The minimum atomic E-state index is -1.56. The normalized spacial score (nSPS) is 14.1. The van der Waals surface area contributed by atoms with Crippen LogP contribution in [-0.2, 0) is 0 Å². The molecule has 0 radical (unpaired) electrons. The lowest BCUT2D eigenvalue weighted by Gasteiger charge is -2.12. The van der Waals surface area contributed by atoms with Crippen molar-refractivity contribution in [1.29, 1.82) is 0 Å². The third kappa shape index (κ3) is 3.73. The molecule has 2 N–H and O–H groups in total. The maximum Gasteiger partial charge on any atom is 0.253 e. The van der Waals surface area contributed by atoms with Gasteiger partial charge in [0, 0.05) is 6.04 Å². The maximum atomic E-state index is 15.1. The topological polar surface area (TPSA) is 57.8 Å². The molecule has 5 rings (SSSR count). The third-order valence-corrected chi connectivity index (χ3v) is 6.24. The van der Waals surface area contributed by atoms with E-state index in [1.165, 1.54) is 24.3 Å². The Morgan fingerprint density at radius 1 is 0.941 bits per heavy atom. The van der Waals surface area contributed by atoms with Crippen LogP contribution >= 0.6 is 0 Å². The van der Waals surface area contributed by atoms with E-state index < -0.39 is 40.2 Å². The quantitative estimate of drug-likeness (QED) is 0.268. The van der Waals surface area contributed by atoms with Crippen LogP contribution in [0.1, 0.15) is 41.6 Å². The van der Waals surface area contributed by atoms with Gasteiger partial charge in [0.15, 0.2) is 23.3 Å². The molecule has 1 saturated carbocycles. The molecule has 4 aromatic rings. The van der Waals surface area contributed by atoms with E-state index in [4.69, 9.17) is 0 Å². The van der Waals surface area contributed by atoms with E-state index in [0.717, 1.165) is 25.7 Å². The Morgan fingerprint density at radius 3 is 2.21 bits per heavy atom. The van der Waals surface area contributed by atoms with Crippen LogP contribution in [-0.4, -0.2) is 21.9 Å². The first-order valence-electron chi connectivity index (χ1n) is 11.1. The molecule has 0 aliphatic heterocycles. The number of fused-ring (bicyclic) bond motifs is 1. The fraction of sp³-hybridized carbons (Fsp3) is 0.231. The molecule has 0 atom stereocenters. The van der Waals surface area contributed by atoms with Gasteiger partial charge in [0.25, 0.3) is 5.91 Å². The van der Waals surface area contributed by atoms with Crippen molar-refractivity contribution < 1.29 is 22.4 Å². The van der Waals surface area contributed by atoms with Crippen molar-refractivity contribution in [3.8, 4) is 22.5 Å². The number of aromatic amines is 1. The molecule has 8 heteroatoms. The number of nitrogens with zero attached hydrogens (tertiary/aromatic N) is 1. The fourth-order valence-corrected chi connectivity index (χ4v) is 4.58. The second kappa shape index (κ2) is 8.59. The van der Waals surface area contributed by atoms with Gasteiger partial charge >= 0.3 is 0 Å².